The molecule has 0 saturated carbocycles. The molecule has 0 spiro atoms. The van der Waals surface area contributed by atoms with Gasteiger partial charge in [0.2, 0.25) is 0 Å². The maximum absolute atomic E-state index is 12.3. The van der Waals surface area contributed by atoms with Crippen LogP contribution >= 0.6 is 0 Å². The number of ketones is 2. The Bertz CT molecular complexity index is 750. The zero-order chi connectivity index (χ0) is 17.5. The number of nitrogens with zero attached hydrogens (tertiary/aromatic N) is 2. The Morgan fingerprint density at radius 1 is 1.00 bits per heavy atom. The van der Waals surface area contributed by atoms with Crippen molar-refractivity contribution in [3.63, 3.8) is 0 Å². The minimum absolute atomic E-state index is 0.135. The molecule has 0 fully saturated rings. The number of nitriles is 1. The standard InChI is InChI=1S/C20H16N2O2/c1-14(19(23)11-15-3-5-17(13-21)6-4-15)20(24)12-16-7-9-18(22-2)10-8-16/h3-10,14H,11-12H2,1H3. The van der Waals surface area contributed by atoms with Crippen LogP contribution in [0.15, 0.2) is 48.5 Å². The lowest BCUT2D eigenvalue weighted by atomic mass is 9.92. The number of hydrogen-bond acceptors (Lipinski definition) is 3. The molecule has 0 aliphatic carbocycles. The summed E-state index contributed by atoms with van der Waals surface area (Å²) >= 11 is 0. The molecule has 2 aromatic carbocycles. The van der Waals surface area contributed by atoms with Crippen molar-refractivity contribution >= 4 is 17.3 Å². The predicted octanol–water partition coefficient (Wildman–Crippen LogP) is 3.67. The van der Waals surface area contributed by atoms with Gasteiger partial charge >= 0.3 is 0 Å². The topological polar surface area (TPSA) is 62.3 Å². The highest BCUT2D eigenvalue weighted by Crippen LogP contribution is 2.15. The lowest BCUT2D eigenvalue weighted by molar-refractivity contribution is -0.131. The monoisotopic (exact) mass is 316 g/mol. The first-order valence-electron chi connectivity index (χ1n) is 7.54. The Labute approximate surface area is 141 Å². The summed E-state index contributed by atoms with van der Waals surface area (Å²) in [5.41, 5.74) is 2.65. The highest BCUT2D eigenvalue weighted by molar-refractivity contribution is 6.03. The van der Waals surface area contributed by atoms with Gasteiger partial charge in [-0.3, -0.25) is 9.59 Å². The molecule has 0 N–H and O–H groups in total. The smallest absolute Gasteiger partial charge is 0.187 e. The molecule has 4 nitrogen and oxygen atoms in total. The molecule has 2 aromatic rings. The van der Waals surface area contributed by atoms with E-state index in [0.717, 1.165) is 11.1 Å². The average Bonchev–Trinajstić information content (AvgIpc) is 2.62. The second kappa shape index (κ2) is 7.85. The van der Waals surface area contributed by atoms with E-state index in [2.05, 4.69) is 4.85 Å². The summed E-state index contributed by atoms with van der Waals surface area (Å²) in [6, 6.07) is 15.6. The minimum Gasteiger partial charge on any atom is -0.299 e. The molecule has 0 saturated heterocycles. The molecule has 2 rings (SSSR count). The van der Waals surface area contributed by atoms with Crippen LogP contribution < -0.4 is 0 Å². The Balaban J connectivity index is 1.97. The van der Waals surface area contributed by atoms with E-state index in [0.29, 0.717) is 11.3 Å². The van der Waals surface area contributed by atoms with Crippen molar-refractivity contribution < 1.29 is 9.59 Å². The van der Waals surface area contributed by atoms with Gasteiger partial charge in [0.15, 0.2) is 5.69 Å². The van der Waals surface area contributed by atoms with Gasteiger partial charge in [0.25, 0.3) is 0 Å². The molecule has 1 atom stereocenters. The number of rotatable bonds is 6. The summed E-state index contributed by atoms with van der Waals surface area (Å²) in [7, 11) is 0. The highest BCUT2D eigenvalue weighted by atomic mass is 16.1. The Morgan fingerprint density at radius 2 is 1.46 bits per heavy atom. The Hall–Kier alpha value is -3.24. The summed E-state index contributed by atoms with van der Waals surface area (Å²) in [6.07, 6.45) is 0.355. The van der Waals surface area contributed by atoms with Gasteiger partial charge in [0.1, 0.15) is 11.6 Å². The quantitative estimate of drug-likeness (QED) is 0.603. The van der Waals surface area contributed by atoms with Gasteiger partial charge < -0.3 is 0 Å². The van der Waals surface area contributed by atoms with E-state index in [1.807, 2.05) is 6.07 Å². The number of Topliss-reactive ketones (excluding diaryl/α,β-unsaturated/α-hetero) is 2. The van der Waals surface area contributed by atoms with Crippen LogP contribution in [0.4, 0.5) is 5.69 Å². The third-order valence-corrected chi connectivity index (χ3v) is 3.87. The van der Waals surface area contributed by atoms with E-state index < -0.39 is 5.92 Å². The number of benzene rings is 2. The van der Waals surface area contributed by atoms with Crippen LogP contribution in [0, 0.1) is 23.8 Å². The fourth-order valence-electron chi connectivity index (χ4n) is 2.27. The van der Waals surface area contributed by atoms with Crippen LogP contribution in [0.5, 0.6) is 0 Å². The van der Waals surface area contributed by atoms with Crippen molar-refractivity contribution in [2.45, 2.75) is 19.8 Å². The van der Waals surface area contributed by atoms with Crippen molar-refractivity contribution in [2.24, 2.45) is 5.92 Å². The maximum Gasteiger partial charge on any atom is 0.187 e. The third kappa shape index (κ3) is 4.38. The van der Waals surface area contributed by atoms with E-state index in [-0.39, 0.29) is 24.4 Å². The fraction of sp³-hybridized carbons (Fsp3) is 0.200. The molecule has 0 bridgehead atoms. The van der Waals surface area contributed by atoms with Crippen LogP contribution in [0.1, 0.15) is 23.6 Å². The lowest BCUT2D eigenvalue weighted by Gasteiger charge is -2.10. The van der Waals surface area contributed by atoms with Gasteiger partial charge in [0.05, 0.1) is 24.1 Å². The fourth-order valence-corrected chi connectivity index (χ4v) is 2.27. The Kier molecular flexibility index (Phi) is 5.60. The normalized spacial score (nSPS) is 11.1. The number of carbonyl (C=O) groups is 2. The van der Waals surface area contributed by atoms with Gasteiger partial charge in [-0.1, -0.05) is 36.4 Å². The van der Waals surface area contributed by atoms with Crippen molar-refractivity contribution in [3.05, 3.63) is 76.6 Å². The van der Waals surface area contributed by atoms with E-state index in [1.165, 1.54) is 0 Å². The molecule has 4 heteroatoms. The number of carbonyl (C=O) groups excluding carboxylic acids is 2. The first kappa shape index (κ1) is 17.1. The van der Waals surface area contributed by atoms with Crippen molar-refractivity contribution in [1.29, 1.82) is 5.26 Å². The molecule has 1 unspecified atom stereocenters. The van der Waals surface area contributed by atoms with Gasteiger partial charge in [-0.25, -0.2) is 4.85 Å². The van der Waals surface area contributed by atoms with Gasteiger partial charge in [-0.05, 0) is 30.2 Å². The Morgan fingerprint density at radius 3 is 1.88 bits per heavy atom. The molecule has 0 radical (unpaired) electrons. The molecule has 0 heterocycles. The van der Waals surface area contributed by atoms with Crippen LogP contribution in [-0.2, 0) is 22.4 Å². The summed E-state index contributed by atoms with van der Waals surface area (Å²) in [5.74, 6) is -0.951. The molecule has 0 amide bonds. The van der Waals surface area contributed by atoms with Crippen molar-refractivity contribution in [1.82, 2.24) is 0 Å². The second-order valence-corrected chi connectivity index (χ2v) is 5.59. The highest BCUT2D eigenvalue weighted by Gasteiger charge is 2.21. The summed E-state index contributed by atoms with van der Waals surface area (Å²) in [4.78, 5) is 27.9. The molecule has 24 heavy (non-hydrogen) atoms. The summed E-state index contributed by atoms with van der Waals surface area (Å²) < 4.78 is 0. The first-order chi connectivity index (χ1) is 11.5. The average molecular weight is 316 g/mol. The van der Waals surface area contributed by atoms with Gasteiger partial charge in [0, 0.05) is 12.8 Å². The van der Waals surface area contributed by atoms with Crippen LogP contribution in [0.25, 0.3) is 4.85 Å². The zero-order valence-electron chi connectivity index (χ0n) is 13.3. The minimum atomic E-state index is -0.679. The number of hydrogen-bond donors (Lipinski definition) is 0. The molecule has 0 aliphatic rings. The van der Waals surface area contributed by atoms with Crippen LogP contribution in [0.3, 0.4) is 0 Å². The van der Waals surface area contributed by atoms with E-state index in [4.69, 9.17) is 11.8 Å². The summed E-state index contributed by atoms with van der Waals surface area (Å²) in [5, 5.41) is 8.77. The van der Waals surface area contributed by atoms with Gasteiger partial charge in [-0.2, -0.15) is 5.26 Å². The summed E-state index contributed by atoms with van der Waals surface area (Å²) in [6.45, 7) is 8.53. The van der Waals surface area contributed by atoms with E-state index in [9.17, 15) is 9.59 Å². The lowest BCUT2D eigenvalue weighted by Crippen LogP contribution is -2.24. The molecule has 0 aromatic heterocycles. The van der Waals surface area contributed by atoms with Crippen LogP contribution in [-0.4, -0.2) is 11.6 Å². The molecule has 118 valence electrons. The van der Waals surface area contributed by atoms with E-state index >= 15 is 0 Å². The van der Waals surface area contributed by atoms with Gasteiger partial charge in [-0.15, -0.1) is 0 Å². The van der Waals surface area contributed by atoms with Crippen molar-refractivity contribution in [2.75, 3.05) is 0 Å². The van der Waals surface area contributed by atoms with E-state index in [1.54, 1.807) is 55.5 Å². The largest absolute Gasteiger partial charge is 0.299 e. The molecular formula is C20H16N2O2. The second-order valence-electron chi connectivity index (χ2n) is 5.59. The zero-order valence-corrected chi connectivity index (χ0v) is 13.3. The van der Waals surface area contributed by atoms with Crippen LogP contribution in [0.2, 0.25) is 0 Å². The predicted molar refractivity (Wildman–Crippen MR) is 90.4 cm³/mol. The molecular weight excluding hydrogens is 300 g/mol. The molecule has 0 aliphatic heterocycles. The third-order valence-electron chi connectivity index (χ3n) is 3.87. The maximum atomic E-state index is 12.3. The van der Waals surface area contributed by atoms with Crippen molar-refractivity contribution in [3.8, 4) is 6.07 Å². The first-order valence-corrected chi connectivity index (χ1v) is 7.54. The SMILES string of the molecule is [C-]#[N+]c1ccc(CC(=O)C(C)C(=O)Cc2ccc(C#N)cc2)cc1.